The fraction of sp³-hybridized carbons (Fsp3) is 0.533. The van der Waals surface area contributed by atoms with Crippen molar-refractivity contribution in [3.05, 3.63) is 29.3 Å². The Bertz CT molecular complexity index is 494. The van der Waals surface area contributed by atoms with Gasteiger partial charge in [-0.05, 0) is 49.3 Å². The molecule has 1 aromatic carbocycles. The average molecular weight is 261 g/mol. The first-order valence-electron chi connectivity index (χ1n) is 6.93. The van der Waals surface area contributed by atoms with Crippen LogP contribution >= 0.6 is 0 Å². The van der Waals surface area contributed by atoms with Gasteiger partial charge in [-0.3, -0.25) is 0 Å². The monoisotopic (exact) mass is 261 g/mol. The number of aromatic carboxylic acids is 1. The summed E-state index contributed by atoms with van der Waals surface area (Å²) < 4.78 is 0. The van der Waals surface area contributed by atoms with Gasteiger partial charge in [0.05, 0.1) is 11.7 Å². The molecule has 0 amide bonds. The molecule has 2 aliphatic rings. The van der Waals surface area contributed by atoms with Crippen LogP contribution in [0.5, 0.6) is 0 Å². The van der Waals surface area contributed by atoms with Crippen LogP contribution in [0.1, 0.15) is 35.2 Å². The largest absolute Gasteiger partial charge is 0.478 e. The molecule has 1 aliphatic carbocycles. The highest BCUT2D eigenvalue weighted by molar-refractivity contribution is 5.91. The van der Waals surface area contributed by atoms with Crippen LogP contribution in [0.2, 0.25) is 0 Å². The van der Waals surface area contributed by atoms with Crippen molar-refractivity contribution in [2.24, 2.45) is 5.92 Å². The van der Waals surface area contributed by atoms with Crippen LogP contribution in [0.3, 0.4) is 0 Å². The zero-order valence-electron chi connectivity index (χ0n) is 10.9. The maximum absolute atomic E-state index is 11.3. The molecule has 0 saturated heterocycles. The van der Waals surface area contributed by atoms with E-state index in [1.807, 2.05) is 12.1 Å². The van der Waals surface area contributed by atoms with Gasteiger partial charge in [-0.15, -0.1) is 0 Å². The third-order valence-corrected chi connectivity index (χ3v) is 4.27. The van der Waals surface area contributed by atoms with Gasteiger partial charge in [-0.2, -0.15) is 0 Å². The molecule has 0 bridgehead atoms. The molecule has 2 N–H and O–H groups in total. The number of rotatable bonds is 3. The van der Waals surface area contributed by atoms with Gasteiger partial charge in [-0.25, -0.2) is 4.79 Å². The molecule has 1 saturated carbocycles. The number of aliphatic hydroxyl groups is 1. The van der Waals surface area contributed by atoms with Crippen LogP contribution in [-0.4, -0.2) is 35.4 Å². The molecule has 3 rings (SSSR count). The molecule has 19 heavy (non-hydrogen) atoms. The highest BCUT2D eigenvalue weighted by atomic mass is 16.4. The summed E-state index contributed by atoms with van der Waals surface area (Å²) in [6, 6.07) is 5.55. The van der Waals surface area contributed by atoms with Gasteiger partial charge in [-0.1, -0.05) is 6.07 Å². The van der Waals surface area contributed by atoms with Crippen LogP contribution in [0.4, 0.5) is 5.69 Å². The Hall–Kier alpha value is -1.55. The Labute approximate surface area is 112 Å². The predicted octanol–water partition coefficient (Wildman–Crippen LogP) is 1.91. The summed E-state index contributed by atoms with van der Waals surface area (Å²) in [6.45, 7) is 1.93. The number of carboxylic acid groups (broad SMARTS) is 1. The van der Waals surface area contributed by atoms with Gasteiger partial charge in [0.1, 0.15) is 0 Å². The van der Waals surface area contributed by atoms with Gasteiger partial charge in [0.25, 0.3) is 0 Å². The molecule has 4 heteroatoms. The Morgan fingerprint density at radius 1 is 1.37 bits per heavy atom. The third-order valence-electron chi connectivity index (χ3n) is 4.27. The lowest BCUT2D eigenvalue weighted by molar-refractivity contribution is 0.0459. The number of carboxylic acids is 1. The molecule has 1 aromatic rings. The lowest BCUT2D eigenvalue weighted by Crippen LogP contribution is -2.41. The summed E-state index contributed by atoms with van der Waals surface area (Å²) in [4.78, 5) is 13.6. The van der Waals surface area contributed by atoms with E-state index in [-0.39, 0.29) is 6.10 Å². The quantitative estimate of drug-likeness (QED) is 0.872. The van der Waals surface area contributed by atoms with E-state index < -0.39 is 5.97 Å². The van der Waals surface area contributed by atoms with Crippen LogP contribution in [0, 0.1) is 5.92 Å². The Morgan fingerprint density at radius 2 is 2.16 bits per heavy atom. The lowest BCUT2D eigenvalue weighted by atomic mass is 9.81. The van der Waals surface area contributed by atoms with Crippen LogP contribution in [0.15, 0.2) is 18.2 Å². The van der Waals surface area contributed by atoms with Gasteiger partial charge in [0.15, 0.2) is 0 Å². The van der Waals surface area contributed by atoms with E-state index in [0.717, 1.165) is 50.0 Å². The van der Waals surface area contributed by atoms with Crippen molar-refractivity contribution >= 4 is 11.7 Å². The van der Waals surface area contributed by atoms with Crippen molar-refractivity contribution in [1.29, 1.82) is 0 Å². The van der Waals surface area contributed by atoms with Crippen molar-refractivity contribution in [2.45, 2.75) is 31.8 Å². The summed E-state index contributed by atoms with van der Waals surface area (Å²) in [6.07, 6.45) is 3.49. The number of benzene rings is 1. The first-order valence-corrected chi connectivity index (χ1v) is 6.93. The maximum atomic E-state index is 11.3. The second-order valence-corrected chi connectivity index (χ2v) is 5.65. The topological polar surface area (TPSA) is 60.8 Å². The van der Waals surface area contributed by atoms with E-state index >= 15 is 0 Å². The molecular formula is C15H19NO3. The minimum absolute atomic E-state index is 0.125. The van der Waals surface area contributed by atoms with Crippen LogP contribution < -0.4 is 4.90 Å². The molecule has 0 aromatic heterocycles. The summed E-state index contributed by atoms with van der Waals surface area (Å²) in [5, 5.41) is 18.6. The van der Waals surface area contributed by atoms with Crippen molar-refractivity contribution in [2.75, 3.05) is 18.0 Å². The Morgan fingerprint density at radius 3 is 2.84 bits per heavy atom. The lowest BCUT2D eigenvalue weighted by Gasteiger charge is -2.39. The molecule has 1 aliphatic heterocycles. The second kappa shape index (κ2) is 4.85. The van der Waals surface area contributed by atoms with E-state index in [9.17, 15) is 15.0 Å². The normalized spacial score (nSPS) is 25.6. The number of nitrogens with zero attached hydrogens (tertiary/aromatic N) is 1. The molecule has 102 valence electrons. The average Bonchev–Trinajstić information content (AvgIpc) is 2.36. The van der Waals surface area contributed by atoms with Crippen LogP contribution in [0.25, 0.3) is 0 Å². The Kier molecular flexibility index (Phi) is 3.19. The zero-order chi connectivity index (χ0) is 13.4. The molecule has 1 heterocycles. The number of anilines is 1. The summed E-state index contributed by atoms with van der Waals surface area (Å²) in [5.74, 6) is -0.285. The number of hydrogen-bond acceptors (Lipinski definition) is 3. The first-order chi connectivity index (χ1) is 9.15. The van der Waals surface area contributed by atoms with Gasteiger partial charge in [0.2, 0.25) is 0 Å². The fourth-order valence-corrected chi connectivity index (χ4v) is 3.25. The molecule has 0 spiro atoms. The number of aliphatic hydroxyl groups excluding tert-OH is 1. The predicted molar refractivity (Wildman–Crippen MR) is 72.7 cm³/mol. The number of carbonyl (C=O) groups is 1. The highest BCUT2D eigenvalue weighted by Gasteiger charge is 2.30. The molecule has 0 unspecified atom stereocenters. The highest BCUT2D eigenvalue weighted by Crippen LogP contribution is 2.34. The second-order valence-electron chi connectivity index (χ2n) is 5.65. The van der Waals surface area contributed by atoms with E-state index in [0.29, 0.717) is 11.5 Å². The Balaban J connectivity index is 1.83. The van der Waals surface area contributed by atoms with Crippen molar-refractivity contribution in [3.63, 3.8) is 0 Å². The SMILES string of the molecule is O=C(O)c1cccc2c1CCCN2CC1CC(O)C1. The molecule has 0 atom stereocenters. The minimum Gasteiger partial charge on any atom is -0.478 e. The van der Waals surface area contributed by atoms with Crippen LogP contribution in [-0.2, 0) is 6.42 Å². The minimum atomic E-state index is -0.835. The standard InChI is InChI=1S/C15H19NO3/c17-11-7-10(8-11)9-16-6-2-4-12-13(15(18)19)3-1-5-14(12)16/h1,3,5,10-11,17H,2,4,6-9H2,(H,18,19). The molecule has 1 fully saturated rings. The zero-order valence-corrected chi connectivity index (χ0v) is 10.9. The molecule has 4 nitrogen and oxygen atoms in total. The maximum Gasteiger partial charge on any atom is 0.336 e. The molecular weight excluding hydrogens is 242 g/mol. The smallest absolute Gasteiger partial charge is 0.336 e. The van der Waals surface area contributed by atoms with Crippen molar-refractivity contribution in [3.8, 4) is 0 Å². The van der Waals surface area contributed by atoms with Gasteiger partial charge >= 0.3 is 5.97 Å². The van der Waals surface area contributed by atoms with Crippen molar-refractivity contribution < 1.29 is 15.0 Å². The number of hydrogen-bond donors (Lipinski definition) is 2. The van der Waals surface area contributed by atoms with E-state index in [1.165, 1.54) is 0 Å². The summed E-state index contributed by atoms with van der Waals surface area (Å²) >= 11 is 0. The van der Waals surface area contributed by atoms with E-state index in [1.54, 1.807) is 6.07 Å². The number of fused-ring (bicyclic) bond motifs is 1. The van der Waals surface area contributed by atoms with Gasteiger partial charge in [0, 0.05) is 18.8 Å². The molecule has 0 radical (unpaired) electrons. The summed E-state index contributed by atoms with van der Waals surface area (Å²) in [7, 11) is 0. The van der Waals surface area contributed by atoms with Crippen molar-refractivity contribution in [1.82, 2.24) is 0 Å². The summed E-state index contributed by atoms with van der Waals surface area (Å²) in [5.41, 5.74) is 2.49. The fourth-order valence-electron chi connectivity index (χ4n) is 3.25. The van der Waals surface area contributed by atoms with E-state index in [2.05, 4.69) is 4.90 Å². The van der Waals surface area contributed by atoms with E-state index in [4.69, 9.17) is 0 Å². The third kappa shape index (κ3) is 2.32. The van der Waals surface area contributed by atoms with Gasteiger partial charge < -0.3 is 15.1 Å². The first kappa shape index (κ1) is 12.5.